The molecule has 0 atom stereocenters. The largest absolute Gasteiger partial charge is 0.469 e. The third-order valence-corrected chi connectivity index (χ3v) is 7.23. The average molecular weight is 459 g/mol. The number of carbonyl (C=O) groups excluding carboxylic acids is 2. The summed E-state index contributed by atoms with van der Waals surface area (Å²) in [6.45, 7) is 5.02. The second-order valence-corrected chi connectivity index (χ2v) is 10.2. The molecule has 0 saturated carbocycles. The van der Waals surface area contributed by atoms with Gasteiger partial charge in [-0.3, -0.25) is 13.9 Å². The van der Waals surface area contributed by atoms with Gasteiger partial charge in [-0.1, -0.05) is 38.1 Å². The molecule has 0 aliphatic carbocycles. The SMILES string of the molecule is COC(=O)CCN(CC(C)C)C(=O)c1cccc(S(=O)(=O)N2CCCc3ccccc32)c1. The minimum Gasteiger partial charge on any atom is -0.469 e. The Morgan fingerprint density at radius 3 is 2.59 bits per heavy atom. The molecule has 2 aromatic carbocycles. The number of hydrogen-bond acceptors (Lipinski definition) is 5. The lowest BCUT2D eigenvalue weighted by Gasteiger charge is -2.30. The predicted molar refractivity (Wildman–Crippen MR) is 123 cm³/mol. The van der Waals surface area contributed by atoms with Crippen LogP contribution >= 0.6 is 0 Å². The first-order valence-corrected chi connectivity index (χ1v) is 12.2. The van der Waals surface area contributed by atoms with Crippen LogP contribution in [0.15, 0.2) is 53.4 Å². The highest BCUT2D eigenvalue weighted by Gasteiger charge is 2.30. The first-order valence-electron chi connectivity index (χ1n) is 10.8. The fourth-order valence-electron chi connectivity index (χ4n) is 3.89. The van der Waals surface area contributed by atoms with Gasteiger partial charge in [0, 0.05) is 25.2 Å². The van der Waals surface area contributed by atoms with Crippen molar-refractivity contribution < 1.29 is 22.7 Å². The molecule has 3 rings (SSSR count). The van der Waals surface area contributed by atoms with Gasteiger partial charge in [-0.2, -0.15) is 0 Å². The summed E-state index contributed by atoms with van der Waals surface area (Å²) in [4.78, 5) is 26.4. The van der Waals surface area contributed by atoms with E-state index >= 15 is 0 Å². The van der Waals surface area contributed by atoms with Gasteiger partial charge in [-0.05, 0) is 48.6 Å². The summed E-state index contributed by atoms with van der Waals surface area (Å²) >= 11 is 0. The van der Waals surface area contributed by atoms with Gasteiger partial charge in [0.05, 0.1) is 24.1 Å². The van der Waals surface area contributed by atoms with E-state index in [-0.39, 0.29) is 35.2 Å². The predicted octanol–water partition coefficient (Wildman–Crippen LogP) is 3.49. The second kappa shape index (κ2) is 10.2. The first kappa shape index (κ1) is 23.8. The topological polar surface area (TPSA) is 84.0 Å². The van der Waals surface area contributed by atoms with E-state index in [0.29, 0.717) is 18.8 Å². The molecule has 2 aromatic rings. The lowest BCUT2D eigenvalue weighted by molar-refractivity contribution is -0.140. The third kappa shape index (κ3) is 5.30. The molecule has 0 fully saturated rings. The highest BCUT2D eigenvalue weighted by Crippen LogP contribution is 2.32. The number of nitrogens with zero attached hydrogens (tertiary/aromatic N) is 2. The van der Waals surface area contributed by atoms with Crippen LogP contribution in [0.1, 0.15) is 42.6 Å². The van der Waals surface area contributed by atoms with Crippen LogP contribution in [0.4, 0.5) is 5.69 Å². The molecular weight excluding hydrogens is 428 g/mol. The van der Waals surface area contributed by atoms with Crippen LogP contribution in [0.2, 0.25) is 0 Å². The van der Waals surface area contributed by atoms with Gasteiger partial charge in [-0.25, -0.2) is 8.42 Å². The van der Waals surface area contributed by atoms with Crippen LogP contribution in [0.5, 0.6) is 0 Å². The van der Waals surface area contributed by atoms with Crippen LogP contribution in [-0.2, 0) is 26.0 Å². The summed E-state index contributed by atoms with van der Waals surface area (Å²) in [5.41, 5.74) is 1.97. The van der Waals surface area contributed by atoms with Crippen LogP contribution in [0.3, 0.4) is 0 Å². The molecule has 1 aliphatic heterocycles. The van der Waals surface area contributed by atoms with E-state index in [1.807, 2.05) is 38.1 Å². The zero-order chi connectivity index (χ0) is 23.3. The number of fused-ring (bicyclic) bond motifs is 1. The number of carbonyl (C=O) groups is 2. The second-order valence-electron chi connectivity index (χ2n) is 8.31. The van der Waals surface area contributed by atoms with Gasteiger partial charge in [0.25, 0.3) is 15.9 Å². The molecule has 0 radical (unpaired) electrons. The number of ether oxygens (including phenoxy) is 1. The van der Waals surface area contributed by atoms with E-state index in [4.69, 9.17) is 0 Å². The fraction of sp³-hybridized carbons (Fsp3) is 0.417. The van der Waals surface area contributed by atoms with Crippen LogP contribution in [0.25, 0.3) is 0 Å². The van der Waals surface area contributed by atoms with Crippen molar-refractivity contribution in [2.75, 3.05) is 31.0 Å². The maximum absolute atomic E-state index is 13.5. The van der Waals surface area contributed by atoms with Crippen molar-refractivity contribution in [1.29, 1.82) is 0 Å². The Bertz CT molecular complexity index is 1080. The van der Waals surface area contributed by atoms with Crippen molar-refractivity contribution >= 4 is 27.6 Å². The Labute approximate surface area is 190 Å². The maximum Gasteiger partial charge on any atom is 0.307 e. The van der Waals surface area contributed by atoms with Crippen molar-refractivity contribution in [3.8, 4) is 0 Å². The van der Waals surface area contributed by atoms with Crippen molar-refractivity contribution in [2.24, 2.45) is 5.92 Å². The summed E-state index contributed by atoms with van der Waals surface area (Å²) in [6.07, 6.45) is 1.66. The molecular formula is C24H30N2O5S. The Balaban J connectivity index is 1.89. The Kier molecular flexibility index (Phi) is 7.56. The molecule has 7 nitrogen and oxygen atoms in total. The Morgan fingerprint density at radius 2 is 1.88 bits per heavy atom. The highest BCUT2D eigenvalue weighted by atomic mass is 32.2. The summed E-state index contributed by atoms with van der Waals surface area (Å²) in [5.74, 6) is -0.515. The van der Waals surface area contributed by atoms with Gasteiger partial charge < -0.3 is 9.64 Å². The molecule has 1 aliphatic rings. The quantitative estimate of drug-likeness (QED) is 0.566. The van der Waals surface area contributed by atoms with Crippen molar-refractivity contribution in [3.05, 3.63) is 59.7 Å². The van der Waals surface area contributed by atoms with Crippen molar-refractivity contribution in [1.82, 2.24) is 4.90 Å². The van der Waals surface area contributed by atoms with Crippen LogP contribution in [0, 0.1) is 5.92 Å². The highest BCUT2D eigenvalue weighted by molar-refractivity contribution is 7.92. The van der Waals surface area contributed by atoms with Crippen LogP contribution < -0.4 is 4.31 Å². The van der Waals surface area contributed by atoms with E-state index in [2.05, 4.69) is 4.74 Å². The number of anilines is 1. The Hall–Kier alpha value is -2.87. The van der Waals surface area contributed by atoms with Crippen molar-refractivity contribution in [2.45, 2.75) is 38.0 Å². The standard InChI is InChI=1S/C24H30N2O5S/c1-18(2)17-25(15-13-23(27)31-3)24(28)20-9-6-11-21(16-20)32(29,30)26-14-7-10-19-8-4-5-12-22(19)26/h4-6,8-9,11-12,16,18H,7,10,13-15,17H2,1-3H3. The van der Waals surface area contributed by atoms with Gasteiger partial charge in [-0.15, -0.1) is 0 Å². The van der Waals surface area contributed by atoms with E-state index in [9.17, 15) is 18.0 Å². The summed E-state index contributed by atoms with van der Waals surface area (Å²) < 4.78 is 33.1. The molecule has 1 amide bonds. The third-order valence-electron chi connectivity index (χ3n) is 5.42. The number of sulfonamides is 1. The lowest BCUT2D eigenvalue weighted by Crippen LogP contribution is -2.37. The number of methoxy groups -OCH3 is 1. The van der Waals surface area contributed by atoms with Gasteiger partial charge in [0.2, 0.25) is 0 Å². The van der Waals surface area contributed by atoms with Crippen LogP contribution in [-0.4, -0.2) is 51.9 Å². The number of aryl methyl sites for hydroxylation is 1. The van der Waals surface area contributed by atoms with Gasteiger partial charge in [0.15, 0.2) is 0 Å². The normalized spacial score (nSPS) is 13.6. The van der Waals surface area contributed by atoms with E-state index in [1.165, 1.54) is 23.5 Å². The van der Waals surface area contributed by atoms with Gasteiger partial charge >= 0.3 is 5.97 Å². The zero-order valence-corrected chi connectivity index (χ0v) is 19.6. The molecule has 0 saturated heterocycles. The molecule has 0 spiro atoms. The number of benzene rings is 2. The monoisotopic (exact) mass is 458 g/mol. The van der Waals surface area contributed by atoms with E-state index in [0.717, 1.165) is 18.4 Å². The van der Waals surface area contributed by atoms with Crippen molar-refractivity contribution in [3.63, 3.8) is 0 Å². The number of hydrogen-bond donors (Lipinski definition) is 0. The molecule has 0 bridgehead atoms. The fourth-order valence-corrected chi connectivity index (χ4v) is 5.48. The van der Waals surface area contributed by atoms with Gasteiger partial charge in [0.1, 0.15) is 0 Å². The average Bonchev–Trinajstić information content (AvgIpc) is 2.80. The Morgan fingerprint density at radius 1 is 1.12 bits per heavy atom. The zero-order valence-electron chi connectivity index (χ0n) is 18.8. The first-order chi connectivity index (χ1) is 15.2. The molecule has 8 heteroatoms. The number of para-hydroxylation sites is 1. The molecule has 0 unspecified atom stereocenters. The summed E-state index contributed by atoms with van der Waals surface area (Å²) in [7, 11) is -2.51. The molecule has 32 heavy (non-hydrogen) atoms. The summed E-state index contributed by atoms with van der Waals surface area (Å²) in [5, 5.41) is 0. The summed E-state index contributed by atoms with van der Waals surface area (Å²) in [6, 6.07) is 13.6. The number of amides is 1. The van der Waals surface area contributed by atoms with E-state index < -0.39 is 16.0 Å². The lowest BCUT2D eigenvalue weighted by atomic mass is 10.0. The minimum absolute atomic E-state index is 0.0809. The molecule has 1 heterocycles. The molecule has 0 aromatic heterocycles. The molecule has 172 valence electrons. The minimum atomic E-state index is -3.82. The maximum atomic E-state index is 13.5. The molecule has 0 N–H and O–H groups in total. The smallest absolute Gasteiger partial charge is 0.307 e. The number of esters is 1. The van der Waals surface area contributed by atoms with E-state index in [1.54, 1.807) is 17.0 Å². The number of rotatable bonds is 8.